The maximum atomic E-state index is 10.6. The van der Waals surface area contributed by atoms with Crippen molar-refractivity contribution >= 4 is 0 Å². The summed E-state index contributed by atoms with van der Waals surface area (Å²) in [6, 6.07) is 0. The minimum atomic E-state index is -1.71. The second-order valence-corrected chi connectivity index (χ2v) is 8.39. The highest BCUT2D eigenvalue weighted by molar-refractivity contribution is 5.21. The summed E-state index contributed by atoms with van der Waals surface area (Å²) in [5.41, 5.74) is 2.06. The maximum Gasteiger partial charge on any atom is 0.187 e. The van der Waals surface area contributed by atoms with Crippen LogP contribution >= 0.6 is 0 Å². The SMILES string of the molecule is CC(C)=CC=CC(C)=CCOC1O[C@H](CO)[C@@H](OC2O[C@H](CO)[C@@H](O)[C@H](O)[C@H]2O)[C@H](O)[C@H]1O. The average Bonchev–Trinajstić information content (AvgIpc) is 2.78. The van der Waals surface area contributed by atoms with Crippen LogP contribution in [0.4, 0.5) is 0 Å². The lowest BCUT2D eigenvalue weighted by atomic mass is 9.97. The summed E-state index contributed by atoms with van der Waals surface area (Å²) in [7, 11) is 0. The molecule has 2 heterocycles. The van der Waals surface area contributed by atoms with Gasteiger partial charge in [-0.1, -0.05) is 35.5 Å². The molecule has 0 amide bonds. The first kappa shape index (κ1) is 28.0. The van der Waals surface area contributed by atoms with E-state index < -0.39 is 74.6 Å². The van der Waals surface area contributed by atoms with E-state index in [1.54, 1.807) is 6.08 Å². The summed E-state index contributed by atoms with van der Waals surface area (Å²) in [6.07, 6.45) is -7.25. The zero-order chi connectivity index (χ0) is 24.7. The lowest BCUT2D eigenvalue weighted by molar-refractivity contribution is -0.358. The van der Waals surface area contributed by atoms with Gasteiger partial charge in [0.2, 0.25) is 0 Å². The fourth-order valence-electron chi connectivity index (χ4n) is 3.43. The lowest BCUT2D eigenvalue weighted by Crippen LogP contribution is -2.64. The fraction of sp³-hybridized carbons (Fsp3) is 0.727. The Hall–Kier alpha value is -1.22. The number of aliphatic hydroxyl groups is 7. The number of aliphatic hydroxyl groups excluding tert-OH is 7. The Morgan fingerprint density at radius 1 is 0.788 bits per heavy atom. The van der Waals surface area contributed by atoms with Crippen LogP contribution in [-0.4, -0.2) is 117 Å². The van der Waals surface area contributed by atoms with Gasteiger partial charge >= 0.3 is 0 Å². The number of rotatable bonds is 9. The predicted octanol–water partition coefficient (Wildman–Crippen LogP) is -1.90. The van der Waals surface area contributed by atoms with Gasteiger partial charge in [-0.3, -0.25) is 0 Å². The van der Waals surface area contributed by atoms with Gasteiger partial charge in [-0.2, -0.15) is 0 Å². The monoisotopic (exact) mass is 476 g/mol. The minimum absolute atomic E-state index is 0.0653. The molecule has 0 radical (unpaired) electrons. The van der Waals surface area contributed by atoms with Crippen molar-refractivity contribution in [2.75, 3.05) is 19.8 Å². The van der Waals surface area contributed by atoms with Crippen LogP contribution in [0.1, 0.15) is 20.8 Å². The van der Waals surface area contributed by atoms with Crippen molar-refractivity contribution < 1.29 is 54.7 Å². The van der Waals surface area contributed by atoms with Crippen molar-refractivity contribution in [3.63, 3.8) is 0 Å². The van der Waals surface area contributed by atoms with E-state index in [4.69, 9.17) is 18.9 Å². The summed E-state index contributed by atoms with van der Waals surface area (Å²) >= 11 is 0. The Bertz CT molecular complexity index is 686. The van der Waals surface area contributed by atoms with Crippen molar-refractivity contribution in [1.82, 2.24) is 0 Å². The number of allylic oxidation sites excluding steroid dienone is 5. The molecule has 0 aliphatic carbocycles. The molecule has 33 heavy (non-hydrogen) atoms. The zero-order valence-electron chi connectivity index (χ0n) is 19.0. The van der Waals surface area contributed by atoms with Gasteiger partial charge in [0.1, 0.15) is 48.8 Å². The van der Waals surface area contributed by atoms with E-state index in [9.17, 15) is 35.7 Å². The molecule has 0 saturated carbocycles. The van der Waals surface area contributed by atoms with Gasteiger partial charge < -0.3 is 54.7 Å². The summed E-state index contributed by atoms with van der Waals surface area (Å²) in [6.45, 7) is 4.61. The van der Waals surface area contributed by atoms with Crippen LogP contribution in [0.5, 0.6) is 0 Å². The first-order valence-corrected chi connectivity index (χ1v) is 10.8. The molecule has 11 heteroatoms. The summed E-state index contributed by atoms with van der Waals surface area (Å²) in [5.74, 6) is 0. The van der Waals surface area contributed by atoms with Crippen LogP contribution in [0.2, 0.25) is 0 Å². The highest BCUT2D eigenvalue weighted by Crippen LogP contribution is 2.29. The van der Waals surface area contributed by atoms with E-state index >= 15 is 0 Å². The van der Waals surface area contributed by atoms with E-state index in [0.29, 0.717) is 0 Å². The van der Waals surface area contributed by atoms with Gasteiger partial charge in [-0.15, -0.1) is 0 Å². The van der Waals surface area contributed by atoms with E-state index in [-0.39, 0.29) is 6.61 Å². The lowest BCUT2D eigenvalue weighted by Gasteiger charge is -2.45. The molecular weight excluding hydrogens is 440 g/mol. The van der Waals surface area contributed by atoms with Crippen LogP contribution in [0.25, 0.3) is 0 Å². The first-order chi connectivity index (χ1) is 15.6. The molecule has 2 aliphatic rings. The van der Waals surface area contributed by atoms with Gasteiger partial charge in [0.05, 0.1) is 19.8 Å². The van der Waals surface area contributed by atoms with Gasteiger partial charge in [0.25, 0.3) is 0 Å². The van der Waals surface area contributed by atoms with E-state index in [0.717, 1.165) is 11.1 Å². The Morgan fingerprint density at radius 2 is 1.39 bits per heavy atom. The van der Waals surface area contributed by atoms with Crippen LogP contribution < -0.4 is 0 Å². The molecule has 0 bridgehead atoms. The Balaban J connectivity index is 2.00. The normalized spacial score (nSPS) is 40.2. The smallest absolute Gasteiger partial charge is 0.187 e. The van der Waals surface area contributed by atoms with Gasteiger partial charge in [-0.25, -0.2) is 0 Å². The predicted molar refractivity (Wildman–Crippen MR) is 115 cm³/mol. The van der Waals surface area contributed by atoms with Crippen molar-refractivity contribution in [1.29, 1.82) is 0 Å². The molecule has 10 atom stereocenters. The molecule has 11 nitrogen and oxygen atoms in total. The van der Waals surface area contributed by atoms with E-state index in [2.05, 4.69) is 0 Å². The molecule has 0 spiro atoms. The molecule has 7 N–H and O–H groups in total. The number of hydrogen-bond donors (Lipinski definition) is 7. The quantitative estimate of drug-likeness (QED) is 0.185. The average molecular weight is 477 g/mol. The number of ether oxygens (including phenoxy) is 4. The van der Waals surface area contributed by atoms with Gasteiger partial charge in [0, 0.05) is 0 Å². The van der Waals surface area contributed by atoms with Crippen molar-refractivity contribution in [3.8, 4) is 0 Å². The zero-order valence-corrected chi connectivity index (χ0v) is 19.0. The van der Waals surface area contributed by atoms with Crippen LogP contribution in [-0.2, 0) is 18.9 Å². The summed E-state index contributed by atoms with van der Waals surface area (Å²) in [4.78, 5) is 0. The summed E-state index contributed by atoms with van der Waals surface area (Å²) < 4.78 is 21.8. The standard InChI is InChI=1S/C22H36O11/c1-11(2)5-4-6-12(3)7-8-30-21-19(29)17(27)20(14(10-24)32-21)33-22-18(28)16(26)15(25)13(9-23)31-22/h4-7,13-29H,8-10H2,1-3H3/t13-,14-,15-,16+,17-,18-,19-,20-,21?,22?/m1/s1. The van der Waals surface area contributed by atoms with E-state index in [1.807, 2.05) is 39.0 Å². The van der Waals surface area contributed by atoms with Crippen LogP contribution in [0.15, 0.2) is 35.5 Å². The van der Waals surface area contributed by atoms with Crippen molar-refractivity contribution in [2.24, 2.45) is 0 Å². The van der Waals surface area contributed by atoms with E-state index in [1.165, 1.54) is 0 Å². The molecule has 0 aromatic carbocycles. The molecule has 0 aromatic rings. The third kappa shape index (κ3) is 7.38. The fourth-order valence-corrected chi connectivity index (χ4v) is 3.43. The highest BCUT2D eigenvalue weighted by atomic mass is 16.7. The third-order valence-corrected chi connectivity index (χ3v) is 5.41. The second-order valence-electron chi connectivity index (χ2n) is 8.39. The summed E-state index contributed by atoms with van der Waals surface area (Å²) in [5, 5.41) is 69.9. The van der Waals surface area contributed by atoms with Crippen molar-refractivity contribution in [2.45, 2.75) is 82.2 Å². The molecule has 2 unspecified atom stereocenters. The second kappa shape index (κ2) is 13.0. The van der Waals surface area contributed by atoms with Gasteiger partial charge in [-0.05, 0) is 20.8 Å². The Labute approximate surface area is 192 Å². The highest BCUT2D eigenvalue weighted by Gasteiger charge is 2.50. The molecule has 2 rings (SSSR count). The van der Waals surface area contributed by atoms with Gasteiger partial charge in [0.15, 0.2) is 12.6 Å². The topological polar surface area (TPSA) is 179 Å². The van der Waals surface area contributed by atoms with Crippen LogP contribution in [0.3, 0.4) is 0 Å². The maximum absolute atomic E-state index is 10.6. The molecule has 2 saturated heterocycles. The third-order valence-electron chi connectivity index (χ3n) is 5.41. The molecule has 0 aromatic heterocycles. The molecule has 2 aliphatic heterocycles. The molecule has 190 valence electrons. The first-order valence-electron chi connectivity index (χ1n) is 10.8. The van der Waals surface area contributed by atoms with Crippen molar-refractivity contribution in [3.05, 3.63) is 35.5 Å². The van der Waals surface area contributed by atoms with Crippen LogP contribution in [0, 0.1) is 0 Å². The largest absolute Gasteiger partial charge is 0.394 e. The molecule has 2 fully saturated rings. The minimum Gasteiger partial charge on any atom is -0.394 e. The Morgan fingerprint density at radius 3 is 2.00 bits per heavy atom. The Kier molecular flexibility index (Phi) is 11.1. The molecular formula is C22H36O11. The number of hydrogen-bond acceptors (Lipinski definition) is 11.